The fourth-order valence-electron chi connectivity index (χ4n) is 2.45. The van der Waals surface area contributed by atoms with Gasteiger partial charge in [0.25, 0.3) is 0 Å². The molecule has 1 N–H and O–H groups in total. The number of hydrogen-bond donors (Lipinski definition) is 1. The standard InChI is InChI=1S/C15H22N4S/c1-15(2,3)13-9-12-14(16-6-7-19(12)18-13)17-11-5-4-8-20-10-11/h6-7,9,11H,4-5,8,10H2,1-3H3,(H,16,17). The fourth-order valence-corrected chi connectivity index (χ4v) is 3.52. The third-order valence-electron chi connectivity index (χ3n) is 3.66. The minimum Gasteiger partial charge on any atom is -0.365 e. The van der Waals surface area contributed by atoms with Gasteiger partial charge in [-0.15, -0.1) is 0 Å². The molecule has 0 aromatic carbocycles. The number of fused-ring (bicyclic) bond motifs is 1. The van der Waals surface area contributed by atoms with E-state index in [-0.39, 0.29) is 5.41 Å². The molecule has 1 saturated heterocycles. The molecular formula is C15H22N4S. The lowest BCUT2D eigenvalue weighted by atomic mass is 9.92. The maximum Gasteiger partial charge on any atom is 0.152 e. The van der Waals surface area contributed by atoms with Gasteiger partial charge < -0.3 is 5.32 Å². The number of anilines is 1. The molecule has 3 heterocycles. The van der Waals surface area contributed by atoms with Crippen LogP contribution < -0.4 is 5.32 Å². The van der Waals surface area contributed by atoms with E-state index < -0.39 is 0 Å². The van der Waals surface area contributed by atoms with Gasteiger partial charge in [-0.2, -0.15) is 16.9 Å². The maximum absolute atomic E-state index is 4.67. The topological polar surface area (TPSA) is 42.2 Å². The molecule has 2 aromatic rings. The van der Waals surface area contributed by atoms with Crippen LogP contribution in [0.2, 0.25) is 0 Å². The molecule has 1 atom stereocenters. The molecule has 0 bridgehead atoms. The summed E-state index contributed by atoms with van der Waals surface area (Å²) in [5.74, 6) is 3.42. The molecule has 108 valence electrons. The normalized spacial score (nSPS) is 20.2. The summed E-state index contributed by atoms with van der Waals surface area (Å²) in [5, 5.41) is 8.27. The third kappa shape index (κ3) is 2.77. The van der Waals surface area contributed by atoms with E-state index in [9.17, 15) is 0 Å². The first-order chi connectivity index (χ1) is 9.54. The molecule has 20 heavy (non-hydrogen) atoms. The zero-order valence-electron chi connectivity index (χ0n) is 12.4. The largest absolute Gasteiger partial charge is 0.365 e. The maximum atomic E-state index is 4.67. The smallest absolute Gasteiger partial charge is 0.152 e. The Hall–Kier alpha value is -1.23. The van der Waals surface area contributed by atoms with Gasteiger partial charge >= 0.3 is 0 Å². The van der Waals surface area contributed by atoms with Gasteiger partial charge in [0.15, 0.2) is 5.82 Å². The Morgan fingerprint density at radius 2 is 2.25 bits per heavy atom. The molecule has 0 radical (unpaired) electrons. The van der Waals surface area contributed by atoms with E-state index in [1.807, 2.05) is 28.7 Å². The number of rotatable bonds is 2. The van der Waals surface area contributed by atoms with Crippen molar-refractivity contribution in [1.29, 1.82) is 0 Å². The monoisotopic (exact) mass is 290 g/mol. The van der Waals surface area contributed by atoms with Gasteiger partial charge in [0, 0.05) is 29.6 Å². The first kappa shape index (κ1) is 13.7. The van der Waals surface area contributed by atoms with Gasteiger partial charge in [-0.05, 0) is 24.7 Å². The summed E-state index contributed by atoms with van der Waals surface area (Å²) in [4.78, 5) is 4.52. The lowest BCUT2D eigenvalue weighted by Crippen LogP contribution is -2.26. The zero-order valence-corrected chi connectivity index (χ0v) is 13.2. The van der Waals surface area contributed by atoms with Crippen molar-refractivity contribution in [3.05, 3.63) is 24.2 Å². The number of hydrogen-bond acceptors (Lipinski definition) is 4. The van der Waals surface area contributed by atoms with Crippen molar-refractivity contribution in [3.8, 4) is 0 Å². The van der Waals surface area contributed by atoms with Gasteiger partial charge in [0.2, 0.25) is 0 Å². The third-order valence-corrected chi connectivity index (χ3v) is 4.87. The molecule has 1 fully saturated rings. The lowest BCUT2D eigenvalue weighted by molar-refractivity contribution is 0.562. The molecule has 0 amide bonds. The van der Waals surface area contributed by atoms with Crippen LogP contribution in [0.4, 0.5) is 5.82 Å². The van der Waals surface area contributed by atoms with Crippen LogP contribution >= 0.6 is 11.8 Å². The van der Waals surface area contributed by atoms with Crippen LogP contribution in [0.15, 0.2) is 18.5 Å². The molecule has 0 spiro atoms. The second kappa shape index (κ2) is 5.28. The van der Waals surface area contributed by atoms with Gasteiger partial charge in [-0.3, -0.25) is 0 Å². The number of nitrogens with zero attached hydrogens (tertiary/aromatic N) is 3. The first-order valence-corrected chi connectivity index (χ1v) is 8.39. The summed E-state index contributed by atoms with van der Waals surface area (Å²) in [6, 6.07) is 2.69. The highest BCUT2D eigenvalue weighted by atomic mass is 32.2. The second-order valence-electron chi connectivity index (χ2n) is 6.44. The molecule has 0 saturated carbocycles. The minimum absolute atomic E-state index is 0.0595. The van der Waals surface area contributed by atoms with Crippen LogP contribution in [0.3, 0.4) is 0 Å². The fraction of sp³-hybridized carbons (Fsp3) is 0.600. The van der Waals surface area contributed by atoms with Gasteiger partial charge in [-0.25, -0.2) is 9.50 Å². The van der Waals surface area contributed by atoms with Crippen LogP contribution in [0.25, 0.3) is 5.52 Å². The van der Waals surface area contributed by atoms with E-state index in [1.165, 1.54) is 24.3 Å². The Morgan fingerprint density at radius 3 is 2.95 bits per heavy atom. The van der Waals surface area contributed by atoms with Crippen molar-refractivity contribution in [3.63, 3.8) is 0 Å². The SMILES string of the molecule is CC(C)(C)c1cc2c(NC3CCCSC3)nccn2n1. The summed E-state index contributed by atoms with van der Waals surface area (Å²) in [7, 11) is 0. The van der Waals surface area contributed by atoms with Crippen LogP contribution in [-0.2, 0) is 5.41 Å². The van der Waals surface area contributed by atoms with Crippen LogP contribution in [0, 0.1) is 0 Å². The van der Waals surface area contributed by atoms with E-state index in [2.05, 4.69) is 42.2 Å². The van der Waals surface area contributed by atoms with E-state index in [0.29, 0.717) is 6.04 Å². The van der Waals surface area contributed by atoms with Gasteiger partial charge in [-0.1, -0.05) is 20.8 Å². The van der Waals surface area contributed by atoms with E-state index in [0.717, 1.165) is 17.0 Å². The Labute approximate surface area is 124 Å². The molecule has 4 nitrogen and oxygen atoms in total. The Bertz CT molecular complexity index is 593. The molecule has 2 aromatic heterocycles. The molecule has 5 heteroatoms. The van der Waals surface area contributed by atoms with Crippen molar-refractivity contribution < 1.29 is 0 Å². The minimum atomic E-state index is 0.0595. The highest BCUT2D eigenvalue weighted by Gasteiger charge is 2.20. The summed E-state index contributed by atoms with van der Waals surface area (Å²) >= 11 is 2.02. The highest BCUT2D eigenvalue weighted by Crippen LogP contribution is 2.26. The number of thioether (sulfide) groups is 1. The summed E-state index contributed by atoms with van der Waals surface area (Å²) in [6.45, 7) is 6.56. The summed E-state index contributed by atoms with van der Waals surface area (Å²) < 4.78 is 1.94. The molecular weight excluding hydrogens is 268 g/mol. The van der Waals surface area contributed by atoms with E-state index >= 15 is 0 Å². The molecule has 0 aliphatic carbocycles. The van der Waals surface area contributed by atoms with Crippen molar-refractivity contribution >= 4 is 23.1 Å². The van der Waals surface area contributed by atoms with Crippen molar-refractivity contribution in [2.75, 3.05) is 16.8 Å². The molecule has 1 unspecified atom stereocenters. The summed E-state index contributed by atoms with van der Waals surface area (Å²) in [5.41, 5.74) is 2.24. The van der Waals surface area contributed by atoms with Crippen molar-refractivity contribution in [1.82, 2.24) is 14.6 Å². The van der Waals surface area contributed by atoms with Crippen molar-refractivity contribution in [2.24, 2.45) is 0 Å². The quantitative estimate of drug-likeness (QED) is 0.921. The van der Waals surface area contributed by atoms with Gasteiger partial charge in [0.05, 0.1) is 5.69 Å². The Balaban J connectivity index is 1.92. The highest BCUT2D eigenvalue weighted by molar-refractivity contribution is 7.99. The average molecular weight is 290 g/mol. The lowest BCUT2D eigenvalue weighted by Gasteiger charge is -2.23. The Kier molecular flexibility index (Phi) is 3.63. The van der Waals surface area contributed by atoms with Crippen LogP contribution in [-0.4, -0.2) is 32.1 Å². The predicted octanol–water partition coefficient (Wildman–Crippen LogP) is 3.33. The number of nitrogens with one attached hydrogen (secondary N) is 1. The predicted molar refractivity (Wildman–Crippen MR) is 85.7 cm³/mol. The number of aromatic nitrogens is 3. The van der Waals surface area contributed by atoms with E-state index in [4.69, 9.17) is 0 Å². The van der Waals surface area contributed by atoms with Crippen LogP contribution in [0.1, 0.15) is 39.3 Å². The van der Waals surface area contributed by atoms with Crippen molar-refractivity contribution in [2.45, 2.75) is 45.1 Å². The first-order valence-electron chi connectivity index (χ1n) is 7.23. The molecule has 1 aliphatic heterocycles. The van der Waals surface area contributed by atoms with Gasteiger partial charge in [0.1, 0.15) is 5.52 Å². The zero-order chi connectivity index (χ0) is 14.2. The average Bonchev–Trinajstić information content (AvgIpc) is 2.85. The Morgan fingerprint density at radius 1 is 1.40 bits per heavy atom. The molecule has 3 rings (SSSR count). The molecule has 1 aliphatic rings. The second-order valence-corrected chi connectivity index (χ2v) is 7.59. The van der Waals surface area contributed by atoms with Crippen LogP contribution in [0.5, 0.6) is 0 Å². The van der Waals surface area contributed by atoms with E-state index in [1.54, 1.807) is 0 Å². The summed E-state index contributed by atoms with van der Waals surface area (Å²) in [6.07, 6.45) is 6.27.